The Kier molecular flexibility index (Phi) is 6.41. The maximum atomic E-state index is 12.6. The van der Waals surface area contributed by atoms with Crippen LogP contribution in [0.25, 0.3) is 0 Å². The standard InChI is InChI=1S/C20H25N3O4S/c1-21(16-3-7-18(27-2)8-4-16)15-20(24)23-13-11-22(12-14-23)17-5-9-19(10-6-17)28(25)26/h3-10,28H,11-15H2,1-2H3. The van der Waals surface area contributed by atoms with Crippen molar-refractivity contribution in [1.29, 1.82) is 0 Å². The summed E-state index contributed by atoms with van der Waals surface area (Å²) in [5.74, 6) is 0.881. The highest BCUT2D eigenvalue weighted by Crippen LogP contribution is 2.20. The Bertz CT molecular complexity index is 865. The molecule has 8 heteroatoms. The molecule has 1 aliphatic rings. The third kappa shape index (κ3) is 4.75. The van der Waals surface area contributed by atoms with Crippen LogP contribution in [0.4, 0.5) is 11.4 Å². The van der Waals surface area contributed by atoms with Gasteiger partial charge in [-0.2, -0.15) is 0 Å². The van der Waals surface area contributed by atoms with Gasteiger partial charge in [-0.15, -0.1) is 0 Å². The predicted molar refractivity (Wildman–Crippen MR) is 110 cm³/mol. The van der Waals surface area contributed by atoms with Gasteiger partial charge < -0.3 is 19.4 Å². The minimum atomic E-state index is -2.56. The molecule has 1 amide bonds. The number of rotatable bonds is 6. The van der Waals surface area contributed by atoms with Gasteiger partial charge in [0.2, 0.25) is 5.91 Å². The highest BCUT2D eigenvalue weighted by molar-refractivity contribution is 7.72. The van der Waals surface area contributed by atoms with E-state index in [0.29, 0.717) is 24.5 Å². The third-order valence-corrected chi connectivity index (χ3v) is 5.66. The molecule has 1 aliphatic heterocycles. The summed E-state index contributed by atoms with van der Waals surface area (Å²) in [5, 5.41) is 0. The summed E-state index contributed by atoms with van der Waals surface area (Å²) < 4.78 is 27.2. The number of amides is 1. The maximum Gasteiger partial charge on any atom is 0.242 e. The number of likely N-dealkylation sites (N-methyl/N-ethyl adjacent to an activating group) is 1. The molecule has 1 heterocycles. The molecule has 0 bridgehead atoms. The molecule has 1 saturated heterocycles. The fourth-order valence-electron chi connectivity index (χ4n) is 3.23. The van der Waals surface area contributed by atoms with E-state index in [1.54, 1.807) is 19.2 Å². The average molecular weight is 404 g/mol. The number of carbonyl (C=O) groups is 1. The van der Waals surface area contributed by atoms with E-state index in [9.17, 15) is 13.2 Å². The molecule has 28 heavy (non-hydrogen) atoms. The lowest BCUT2D eigenvalue weighted by Crippen LogP contribution is -2.51. The van der Waals surface area contributed by atoms with E-state index in [4.69, 9.17) is 4.74 Å². The van der Waals surface area contributed by atoms with Gasteiger partial charge in [0.1, 0.15) is 5.75 Å². The van der Waals surface area contributed by atoms with Crippen LogP contribution in [0.1, 0.15) is 0 Å². The predicted octanol–water partition coefficient (Wildman–Crippen LogP) is 1.45. The highest BCUT2D eigenvalue weighted by Gasteiger charge is 2.22. The number of carbonyl (C=O) groups excluding carboxylic acids is 1. The SMILES string of the molecule is COc1ccc(N(C)CC(=O)N2CCN(c3ccc([SH](=O)=O)cc3)CC2)cc1. The van der Waals surface area contributed by atoms with Crippen LogP contribution >= 0.6 is 0 Å². The molecular formula is C20H25N3O4S. The largest absolute Gasteiger partial charge is 0.497 e. The van der Waals surface area contributed by atoms with Gasteiger partial charge in [0.15, 0.2) is 10.7 Å². The molecule has 1 fully saturated rings. The molecule has 7 nitrogen and oxygen atoms in total. The number of piperazine rings is 1. The quantitative estimate of drug-likeness (QED) is 0.737. The molecule has 0 radical (unpaired) electrons. The minimum absolute atomic E-state index is 0.0941. The van der Waals surface area contributed by atoms with Crippen molar-refractivity contribution in [2.75, 3.05) is 56.7 Å². The van der Waals surface area contributed by atoms with Gasteiger partial charge in [0, 0.05) is 44.6 Å². The monoisotopic (exact) mass is 403 g/mol. The number of nitrogens with zero attached hydrogens (tertiary/aromatic N) is 3. The molecular weight excluding hydrogens is 378 g/mol. The molecule has 0 unspecified atom stereocenters. The molecule has 0 spiro atoms. The molecule has 2 aromatic rings. The van der Waals surface area contributed by atoms with Crippen molar-refractivity contribution < 1.29 is 17.9 Å². The summed E-state index contributed by atoms with van der Waals surface area (Å²) in [4.78, 5) is 18.9. The van der Waals surface area contributed by atoms with E-state index in [1.807, 2.05) is 53.2 Å². The van der Waals surface area contributed by atoms with Crippen molar-refractivity contribution in [3.8, 4) is 5.75 Å². The summed E-state index contributed by atoms with van der Waals surface area (Å²) in [6.07, 6.45) is 0. The molecule has 0 atom stereocenters. The lowest BCUT2D eigenvalue weighted by molar-refractivity contribution is -0.129. The summed E-state index contributed by atoms with van der Waals surface area (Å²) in [5.41, 5.74) is 1.94. The van der Waals surface area contributed by atoms with Crippen molar-refractivity contribution in [3.05, 3.63) is 48.5 Å². The maximum absolute atomic E-state index is 12.6. The van der Waals surface area contributed by atoms with Crippen LogP contribution in [0.2, 0.25) is 0 Å². The Labute approximate surface area is 167 Å². The van der Waals surface area contributed by atoms with E-state index in [2.05, 4.69) is 4.90 Å². The Hall–Kier alpha value is -2.74. The fraction of sp³-hybridized carbons (Fsp3) is 0.350. The Morgan fingerprint density at radius 2 is 1.61 bits per heavy atom. The molecule has 0 aromatic heterocycles. The molecule has 2 aromatic carbocycles. The smallest absolute Gasteiger partial charge is 0.242 e. The first-order valence-corrected chi connectivity index (χ1v) is 10.3. The van der Waals surface area contributed by atoms with Crippen molar-refractivity contribution >= 4 is 28.0 Å². The first kappa shape index (κ1) is 20.0. The van der Waals surface area contributed by atoms with Crippen molar-refractivity contribution in [2.24, 2.45) is 0 Å². The second-order valence-corrected chi connectivity index (χ2v) is 7.73. The average Bonchev–Trinajstić information content (AvgIpc) is 2.74. The van der Waals surface area contributed by atoms with Crippen LogP contribution < -0.4 is 14.5 Å². The van der Waals surface area contributed by atoms with Crippen molar-refractivity contribution in [3.63, 3.8) is 0 Å². The molecule has 0 aliphatic carbocycles. The van der Waals surface area contributed by atoms with E-state index in [1.165, 1.54) is 0 Å². The van der Waals surface area contributed by atoms with Crippen LogP contribution in [0.15, 0.2) is 53.4 Å². The number of ether oxygens (including phenoxy) is 1. The Morgan fingerprint density at radius 3 is 2.14 bits per heavy atom. The summed E-state index contributed by atoms with van der Waals surface area (Å²) in [6, 6.07) is 14.5. The van der Waals surface area contributed by atoms with Crippen LogP contribution in [0.3, 0.4) is 0 Å². The number of benzene rings is 2. The summed E-state index contributed by atoms with van der Waals surface area (Å²) in [7, 11) is 0.972. The fourth-order valence-corrected chi connectivity index (χ4v) is 3.62. The van der Waals surface area contributed by atoms with E-state index >= 15 is 0 Å². The van der Waals surface area contributed by atoms with Gasteiger partial charge in [0.05, 0.1) is 18.6 Å². The van der Waals surface area contributed by atoms with Gasteiger partial charge in [-0.25, -0.2) is 8.42 Å². The van der Waals surface area contributed by atoms with Gasteiger partial charge in [-0.1, -0.05) is 0 Å². The Balaban J connectivity index is 1.52. The molecule has 0 N–H and O–H groups in total. The third-order valence-electron chi connectivity index (χ3n) is 4.94. The van der Waals surface area contributed by atoms with Gasteiger partial charge in [0.25, 0.3) is 0 Å². The van der Waals surface area contributed by atoms with Crippen LogP contribution in [0, 0.1) is 0 Å². The number of hydrogen-bond acceptors (Lipinski definition) is 6. The highest BCUT2D eigenvalue weighted by atomic mass is 32.2. The second kappa shape index (κ2) is 8.97. The zero-order valence-electron chi connectivity index (χ0n) is 16.1. The number of anilines is 2. The minimum Gasteiger partial charge on any atom is -0.497 e. The van der Waals surface area contributed by atoms with Crippen LogP contribution in [0.5, 0.6) is 5.75 Å². The van der Waals surface area contributed by atoms with Gasteiger partial charge >= 0.3 is 0 Å². The Morgan fingerprint density at radius 1 is 1.00 bits per heavy atom. The van der Waals surface area contributed by atoms with E-state index in [0.717, 1.165) is 30.2 Å². The van der Waals surface area contributed by atoms with Gasteiger partial charge in [-0.3, -0.25) is 4.79 Å². The number of hydrogen-bond donors (Lipinski definition) is 1. The van der Waals surface area contributed by atoms with E-state index < -0.39 is 10.7 Å². The van der Waals surface area contributed by atoms with E-state index in [-0.39, 0.29) is 5.91 Å². The second-order valence-electron chi connectivity index (χ2n) is 6.70. The molecule has 0 saturated carbocycles. The summed E-state index contributed by atoms with van der Waals surface area (Å²) in [6.45, 7) is 3.05. The normalized spacial score (nSPS) is 14.2. The lowest BCUT2D eigenvalue weighted by Gasteiger charge is -2.37. The van der Waals surface area contributed by atoms with Crippen molar-refractivity contribution in [2.45, 2.75) is 4.90 Å². The zero-order valence-corrected chi connectivity index (χ0v) is 17.0. The van der Waals surface area contributed by atoms with Crippen molar-refractivity contribution in [1.82, 2.24) is 4.90 Å². The first-order valence-electron chi connectivity index (χ1n) is 9.10. The lowest BCUT2D eigenvalue weighted by atomic mass is 10.2. The molecule has 150 valence electrons. The van der Waals surface area contributed by atoms with Crippen LogP contribution in [-0.2, 0) is 15.5 Å². The molecule has 3 rings (SSSR count). The number of thiol groups is 1. The topological polar surface area (TPSA) is 70.2 Å². The van der Waals surface area contributed by atoms with Crippen LogP contribution in [-0.4, -0.2) is 66.1 Å². The first-order chi connectivity index (χ1) is 13.5. The zero-order chi connectivity index (χ0) is 20.1. The van der Waals surface area contributed by atoms with Gasteiger partial charge in [-0.05, 0) is 48.5 Å². The summed E-state index contributed by atoms with van der Waals surface area (Å²) >= 11 is 0. The number of methoxy groups -OCH3 is 1.